The fraction of sp³-hybridized carbons (Fsp3) is 0.727. The van der Waals surface area contributed by atoms with Crippen LogP contribution in [0.3, 0.4) is 0 Å². The lowest BCUT2D eigenvalue weighted by Crippen LogP contribution is -2.27. The summed E-state index contributed by atoms with van der Waals surface area (Å²) in [6.07, 6.45) is 18.1. The highest BCUT2D eigenvalue weighted by molar-refractivity contribution is 5.75. The lowest BCUT2D eigenvalue weighted by molar-refractivity contribution is -0.140. The Balaban J connectivity index is 3.74. The van der Waals surface area contributed by atoms with Crippen molar-refractivity contribution in [3.63, 3.8) is 0 Å². The number of allylic oxidation sites excluding steroid dienone is 3. The van der Waals surface area contributed by atoms with Crippen molar-refractivity contribution in [2.75, 3.05) is 20.7 Å². The Hall–Kier alpha value is -1.58. The summed E-state index contributed by atoms with van der Waals surface area (Å²) in [4.78, 5) is 24.8. The van der Waals surface area contributed by atoms with E-state index in [0.29, 0.717) is 18.8 Å². The van der Waals surface area contributed by atoms with Crippen molar-refractivity contribution in [2.24, 2.45) is 5.92 Å². The van der Waals surface area contributed by atoms with E-state index in [-0.39, 0.29) is 11.9 Å². The molecule has 0 fully saturated rings. The van der Waals surface area contributed by atoms with Crippen LogP contribution in [-0.2, 0) is 14.3 Å². The minimum Gasteiger partial charge on any atom is -0.469 e. The van der Waals surface area contributed by atoms with E-state index in [2.05, 4.69) is 42.9 Å². The van der Waals surface area contributed by atoms with Crippen LogP contribution in [0.1, 0.15) is 78.1 Å². The van der Waals surface area contributed by atoms with Crippen LogP contribution < -0.4 is 0 Å². The highest BCUT2D eigenvalue weighted by Gasteiger charge is 2.07. The molecule has 0 aromatic carbocycles. The highest BCUT2D eigenvalue weighted by atomic mass is 16.5. The van der Waals surface area contributed by atoms with Gasteiger partial charge in [-0.05, 0) is 31.6 Å². The van der Waals surface area contributed by atoms with Gasteiger partial charge in [0, 0.05) is 26.4 Å². The van der Waals surface area contributed by atoms with E-state index in [0.717, 1.165) is 32.2 Å². The Morgan fingerprint density at radius 2 is 1.77 bits per heavy atom. The number of nitrogens with zero attached hydrogens (tertiary/aromatic N) is 1. The maximum atomic E-state index is 12.0. The molecule has 0 saturated carbocycles. The molecule has 0 aliphatic heterocycles. The van der Waals surface area contributed by atoms with Crippen LogP contribution in [0.2, 0.25) is 0 Å². The largest absolute Gasteiger partial charge is 0.469 e. The average molecular weight is 366 g/mol. The molecule has 0 aromatic heterocycles. The summed E-state index contributed by atoms with van der Waals surface area (Å²) in [7, 11) is 3.26. The van der Waals surface area contributed by atoms with E-state index in [1.807, 2.05) is 7.05 Å². The molecule has 0 N–H and O–H groups in total. The van der Waals surface area contributed by atoms with Crippen molar-refractivity contribution in [2.45, 2.75) is 78.1 Å². The number of unbranched alkanes of at least 4 members (excludes halogenated alkanes) is 4. The molecule has 0 aliphatic carbocycles. The van der Waals surface area contributed by atoms with Crippen LogP contribution in [0.15, 0.2) is 24.3 Å². The van der Waals surface area contributed by atoms with E-state index < -0.39 is 0 Å². The lowest BCUT2D eigenvalue weighted by atomic mass is 10.0. The smallest absolute Gasteiger partial charge is 0.305 e. The molecule has 0 rings (SSSR count). The van der Waals surface area contributed by atoms with Gasteiger partial charge in [0.05, 0.1) is 7.11 Å². The molecule has 0 spiro atoms. The minimum absolute atomic E-state index is 0.176. The van der Waals surface area contributed by atoms with Crippen molar-refractivity contribution >= 4 is 11.9 Å². The summed E-state index contributed by atoms with van der Waals surface area (Å²) in [5.74, 6) is 0.635. The van der Waals surface area contributed by atoms with Gasteiger partial charge in [-0.25, -0.2) is 0 Å². The number of hydrogen-bond donors (Lipinski definition) is 0. The Bertz CT molecular complexity index is 429. The fourth-order valence-electron chi connectivity index (χ4n) is 2.65. The molecule has 1 atom stereocenters. The Labute approximate surface area is 160 Å². The predicted molar refractivity (Wildman–Crippen MR) is 109 cm³/mol. The van der Waals surface area contributed by atoms with E-state index in [1.165, 1.54) is 32.8 Å². The number of esters is 1. The standard InChI is InChI=1S/C22H39NO3/c1-5-6-10-15-20(2)16-11-7-8-14-19-23(3)21(24)17-12-9-13-18-22(25)26-4/h7-8,11,16,20H,5-6,9-10,12-15,17-19H2,1-4H3/b8-7-,16-11+/t20-/m0/s1. The number of carbonyl (C=O) groups excluding carboxylic acids is 2. The van der Waals surface area contributed by atoms with Crippen molar-refractivity contribution in [1.29, 1.82) is 0 Å². The first kappa shape index (κ1) is 24.4. The molecular weight excluding hydrogens is 326 g/mol. The van der Waals surface area contributed by atoms with Gasteiger partial charge >= 0.3 is 5.97 Å². The summed E-state index contributed by atoms with van der Waals surface area (Å²) >= 11 is 0. The van der Waals surface area contributed by atoms with Crippen LogP contribution in [0.25, 0.3) is 0 Å². The fourth-order valence-corrected chi connectivity index (χ4v) is 2.65. The first-order valence-electron chi connectivity index (χ1n) is 10.1. The topological polar surface area (TPSA) is 46.6 Å². The molecule has 26 heavy (non-hydrogen) atoms. The number of hydrogen-bond acceptors (Lipinski definition) is 3. The van der Waals surface area contributed by atoms with E-state index in [1.54, 1.807) is 4.90 Å². The molecule has 1 amide bonds. The molecule has 0 aliphatic rings. The zero-order chi connectivity index (χ0) is 19.6. The normalized spacial score (nSPS) is 12.6. The predicted octanol–water partition coefficient (Wildman–Crippen LogP) is 5.29. The maximum Gasteiger partial charge on any atom is 0.305 e. The van der Waals surface area contributed by atoms with Gasteiger partial charge in [0.2, 0.25) is 5.91 Å². The van der Waals surface area contributed by atoms with Crippen molar-refractivity contribution in [3.05, 3.63) is 24.3 Å². The third kappa shape index (κ3) is 14.7. The quantitative estimate of drug-likeness (QED) is 0.225. The van der Waals surface area contributed by atoms with Gasteiger partial charge in [-0.1, -0.05) is 63.8 Å². The van der Waals surface area contributed by atoms with Crippen LogP contribution in [0.5, 0.6) is 0 Å². The van der Waals surface area contributed by atoms with E-state index in [9.17, 15) is 9.59 Å². The number of amides is 1. The summed E-state index contributed by atoms with van der Waals surface area (Å²) in [5, 5.41) is 0. The Morgan fingerprint density at radius 1 is 1.04 bits per heavy atom. The molecule has 0 radical (unpaired) electrons. The molecule has 0 saturated heterocycles. The zero-order valence-corrected chi connectivity index (χ0v) is 17.3. The molecule has 0 unspecified atom stereocenters. The van der Waals surface area contributed by atoms with Crippen molar-refractivity contribution < 1.29 is 14.3 Å². The molecular formula is C22H39NO3. The maximum absolute atomic E-state index is 12.0. The van der Waals surface area contributed by atoms with Crippen LogP contribution in [-0.4, -0.2) is 37.5 Å². The first-order valence-corrected chi connectivity index (χ1v) is 10.1. The van der Waals surface area contributed by atoms with E-state index in [4.69, 9.17) is 0 Å². The third-order valence-corrected chi connectivity index (χ3v) is 4.51. The summed E-state index contributed by atoms with van der Waals surface area (Å²) in [6.45, 7) is 5.24. The molecule has 150 valence electrons. The average Bonchev–Trinajstić information content (AvgIpc) is 2.63. The van der Waals surface area contributed by atoms with Crippen molar-refractivity contribution in [1.82, 2.24) is 4.90 Å². The molecule has 0 bridgehead atoms. The Morgan fingerprint density at radius 3 is 2.46 bits per heavy atom. The summed E-state index contributed by atoms with van der Waals surface area (Å²) in [6, 6.07) is 0. The van der Waals surface area contributed by atoms with Crippen molar-refractivity contribution in [3.8, 4) is 0 Å². The highest BCUT2D eigenvalue weighted by Crippen LogP contribution is 2.10. The van der Waals surface area contributed by atoms with Gasteiger partial charge in [0.1, 0.15) is 0 Å². The minimum atomic E-state index is -0.176. The monoisotopic (exact) mass is 365 g/mol. The number of rotatable bonds is 15. The number of carbonyl (C=O) groups is 2. The molecule has 0 aromatic rings. The van der Waals surface area contributed by atoms with E-state index >= 15 is 0 Å². The zero-order valence-electron chi connectivity index (χ0n) is 17.3. The Kier molecular flexibility index (Phi) is 15.8. The number of ether oxygens (including phenoxy) is 1. The third-order valence-electron chi connectivity index (χ3n) is 4.51. The molecule has 0 heterocycles. The van der Waals surface area contributed by atoms with Gasteiger partial charge in [0.15, 0.2) is 0 Å². The van der Waals surface area contributed by atoms with Gasteiger partial charge in [0.25, 0.3) is 0 Å². The van der Waals surface area contributed by atoms with Gasteiger partial charge in [-0.3, -0.25) is 9.59 Å². The number of methoxy groups -OCH3 is 1. The SMILES string of the molecule is CCCCC[C@H](C)/C=C/C=C\CCN(C)C(=O)CCCCCC(=O)OC. The van der Waals surface area contributed by atoms with Gasteiger partial charge in [-0.15, -0.1) is 0 Å². The van der Waals surface area contributed by atoms with Gasteiger partial charge in [-0.2, -0.15) is 0 Å². The van der Waals surface area contributed by atoms with Crippen LogP contribution >= 0.6 is 0 Å². The second-order valence-corrected chi connectivity index (χ2v) is 7.03. The van der Waals surface area contributed by atoms with Crippen LogP contribution in [0, 0.1) is 5.92 Å². The second kappa shape index (κ2) is 16.9. The second-order valence-electron chi connectivity index (χ2n) is 7.03. The lowest BCUT2D eigenvalue weighted by Gasteiger charge is -2.15. The summed E-state index contributed by atoms with van der Waals surface area (Å²) in [5.41, 5.74) is 0. The van der Waals surface area contributed by atoms with Gasteiger partial charge < -0.3 is 9.64 Å². The molecule has 4 nitrogen and oxygen atoms in total. The van der Waals surface area contributed by atoms with Crippen LogP contribution in [0.4, 0.5) is 0 Å². The summed E-state index contributed by atoms with van der Waals surface area (Å²) < 4.78 is 4.60. The molecule has 4 heteroatoms. The first-order chi connectivity index (χ1) is 12.5.